The molecule has 3 N–H and O–H groups in total. The van der Waals surface area contributed by atoms with Crippen LogP contribution >= 0.6 is 15.9 Å². The predicted molar refractivity (Wildman–Crippen MR) is 143 cm³/mol. The number of aromatic nitrogens is 1. The molecule has 3 amide bonds. The van der Waals surface area contributed by atoms with Gasteiger partial charge < -0.3 is 30.1 Å². The standard InChI is InChI=1S/C27H31BrN4O6/c1-37-21-9-8-19-18(22(21)28)10-12-29-24(19)38-17-13-20-23(33)31-27(25(34)35)14-16(27)7-5-3-2-4-6-11-30-26(36)32(20)15-17/h5,7-10,12,16-17,20H,2-4,6,11,13-15H2,1H3,(H,30,36)(H,31,33)(H,34,35)/b7-5-/t16-,17-,20+,27-/m1/s1. The number of urea groups is 1. The molecule has 3 heterocycles. The third-order valence-electron chi connectivity index (χ3n) is 7.57. The van der Waals surface area contributed by atoms with Crippen molar-refractivity contribution in [2.45, 2.75) is 56.2 Å². The van der Waals surface area contributed by atoms with Crippen molar-refractivity contribution in [2.75, 3.05) is 20.2 Å². The zero-order valence-corrected chi connectivity index (χ0v) is 22.7. The van der Waals surface area contributed by atoms with Gasteiger partial charge in [-0.2, -0.15) is 0 Å². The van der Waals surface area contributed by atoms with E-state index >= 15 is 0 Å². The summed E-state index contributed by atoms with van der Waals surface area (Å²) in [5.41, 5.74) is -1.34. The molecule has 3 aliphatic rings. The number of ether oxygens (including phenoxy) is 2. The van der Waals surface area contributed by atoms with Crippen molar-refractivity contribution in [2.24, 2.45) is 5.92 Å². The maximum atomic E-state index is 13.4. The highest BCUT2D eigenvalue weighted by Crippen LogP contribution is 2.45. The first kappa shape index (κ1) is 26.3. The smallest absolute Gasteiger partial charge is 0.330 e. The molecule has 11 heteroatoms. The maximum Gasteiger partial charge on any atom is 0.330 e. The molecule has 1 saturated heterocycles. The van der Waals surface area contributed by atoms with Crippen LogP contribution in [0.5, 0.6) is 11.6 Å². The first-order valence-electron chi connectivity index (χ1n) is 12.9. The SMILES string of the molecule is COc1ccc2c(O[C@@H]3C[C@H]4C(=O)N[C@]5(C(=O)O)C[C@H]5/C=C\CCCCCNC(=O)N4C3)nccc2c1Br. The number of pyridine rings is 1. The molecule has 202 valence electrons. The average Bonchev–Trinajstić information content (AvgIpc) is 3.43. The molecule has 0 unspecified atom stereocenters. The molecule has 0 bridgehead atoms. The zero-order valence-electron chi connectivity index (χ0n) is 21.1. The van der Waals surface area contributed by atoms with Crippen LogP contribution in [0, 0.1) is 5.92 Å². The number of benzene rings is 1. The van der Waals surface area contributed by atoms with Gasteiger partial charge in [-0.1, -0.05) is 18.6 Å². The number of fused-ring (bicyclic) bond motifs is 3. The van der Waals surface area contributed by atoms with Gasteiger partial charge in [0.1, 0.15) is 23.4 Å². The lowest BCUT2D eigenvalue weighted by molar-refractivity contribution is -0.144. The van der Waals surface area contributed by atoms with E-state index in [1.54, 1.807) is 13.3 Å². The van der Waals surface area contributed by atoms with Gasteiger partial charge in [-0.3, -0.25) is 4.79 Å². The Morgan fingerprint density at radius 2 is 2.05 bits per heavy atom. The lowest BCUT2D eigenvalue weighted by Crippen LogP contribution is -2.54. The minimum Gasteiger partial charge on any atom is -0.496 e. The third kappa shape index (κ3) is 5.03. The summed E-state index contributed by atoms with van der Waals surface area (Å²) in [7, 11) is 1.59. The molecule has 10 nitrogen and oxygen atoms in total. The van der Waals surface area contributed by atoms with Gasteiger partial charge in [-0.15, -0.1) is 0 Å². The highest BCUT2D eigenvalue weighted by molar-refractivity contribution is 9.10. The number of aliphatic carboxylic acids is 1. The normalized spacial score (nSPS) is 28.7. The van der Waals surface area contributed by atoms with Crippen LogP contribution in [-0.4, -0.2) is 70.8 Å². The number of hydrogen-bond acceptors (Lipinski definition) is 6. The molecule has 4 atom stereocenters. The second-order valence-electron chi connectivity index (χ2n) is 10.0. The van der Waals surface area contributed by atoms with E-state index in [1.807, 2.05) is 30.4 Å². The Kier molecular flexibility index (Phi) is 7.47. The molecule has 38 heavy (non-hydrogen) atoms. The van der Waals surface area contributed by atoms with Gasteiger partial charge >= 0.3 is 12.0 Å². The second-order valence-corrected chi connectivity index (χ2v) is 10.8. The summed E-state index contributed by atoms with van der Waals surface area (Å²) in [5, 5.41) is 17.2. The van der Waals surface area contributed by atoms with Crippen LogP contribution in [0.1, 0.15) is 38.5 Å². The van der Waals surface area contributed by atoms with Crippen molar-refractivity contribution in [1.29, 1.82) is 0 Å². The Morgan fingerprint density at radius 3 is 2.84 bits per heavy atom. The van der Waals surface area contributed by atoms with Crippen LogP contribution in [0.3, 0.4) is 0 Å². The molecule has 2 aromatic rings. The number of amides is 3. The fourth-order valence-electron chi connectivity index (χ4n) is 5.32. The summed E-state index contributed by atoms with van der Waals surface area (Å²) in [5.74, 6) is -0.755. The van der Waals surface area contributed by atoms with E-state index in [2.05, 4.69) is 31.5 Å². The Labute approximate surface area is 228 Å². The minimum atomic E-state index is -1.34. The maximum absolute atomic E-state index is 13.4. The van der Waals surface area contributed by atoms with Crippen LogP contribution in [0.25, 0.3) is 10.8 Å². The molecular formula is C27H31BrN4O6. The topological polar surface area (TPSA) is 130 Å². The van der Waals surface area contributed by atoms with E-state index in [9.17, 15) is 19.5 Å². The molecule has 5 rings (SSSR count). The monoisotopic (exact) mass is 586 g/mol. The van der Waals surface area contributed by atoms with Crippen molar-refractivity contribution >= 4 is 44.6 Å². The van der Waals surface area contributed by atoms with Crippen molar-refractivity contribution < 1.29 is 29.0 Å². The van der Waals surface area contributed by atoms with E-state index in [4.69, 9.17) is 9.47 Å². The molecule has 0 radical (unpaired) electrons. The van der Waals surface area contributed by atoms with Crippen LogP contribution < -0.4 is 20.1 Å². The van der Waals surface area contributed by atoms with Gasteiger partial charge in [0, 0.05) is 35.9 Å². The van der Waals surface area contributed by atoms with Crippen LogP contribution in [0.15, 0.2) is 41.0 Å². The van der Waals surface area contributed by atoms with Crippen molar-refractivity contribution in [3.8, 4) is 11.6 Å². The average molecular weight is 587 g/mol. The lowest BCUT2D eigenvalue weighted by Gasteiger charge is -2.25. The van der Waals surface area contributed by atoms with Gasteiger partial charge in [0.2, 0.25) is 11.8 Å². The number of carbonyl (C=O) groups excluding carboxylic acids is 2. The summed E-state index contributed by atoms with van der Waals surface area (Å²) >= 11 is 3.57. The Morgan fingerprint density at radius 1 is 1.21 bits per heavy atom. The van der Waals surface area contributed by atoms with E-state index in [1.165, 1.54) is 4.90 Å². The van der Waals surface area contributed by atoms with Crippen molar-refractivity contribution in [3.05, 3.63) is 41.0 Å². The number of carboxylic acids is 1. The Bertz CT molecular complexity index is 1290. The predicted octanol–water partition coefficient (Wildman–Crippen LogP) is 3.63. The van der Waals surface area contributed by atoms with Crippen LogP contribution in [-0.2, 0) is 9.59 Å². The largest absolute Gasteiger partial charge is 0.496 e. The van der Waals surface area contributed by atoms with Gasteiger partial charge in [0.05, 0.1) is 18.1 Å². The summed E-state index contributed by atoms with van der Waals surface area (Å²) in [6.07, 6.45) is 9.13. The third-order valence-corrected chi connectivity index (χ3v) is 8.38. The highest BCUT2D eigenvalue weighted by atomic mass is 79.9. The summed E-state index contributed by atoms with van der Waals surface area (Å²) in [6.45, 7) is 0.671. The molecule has 0 spiro atoms. The number of carboxylic acid groups (broad SMARTS) is 1. The van der Waals surface area contributed by atoms with Crippen LogP contribution in [0.2, 0.25) is 0 Å². The molecular weight excluding hydrogens is 556 g/mol. The fourth-order valence-corrected chi connectivity index (χ4v) is 5.96. The molecule has 1 aromatic heterocycles. The Hall–Kier alpha value is -3.34. The highest BCUT2D eigenvalue weighted by Gasteiger charge is 2.61. The van der Waals surface area contributed by atoms with E-state index < -0.39 is 29.6 Å². The molecule has 1 saturated carbocycles. The summed E-state index contributed by atoms with van der Waals surface area (Å²) in [6, 6.07) is 4.28. The number of nitrogens with one attached hydrogen (secondary N) is 2. The number of hydrogen-bond donors (Lipinski definition) is 3. The number of methoxy groups -OCH3 is 1. The molecule has 1 aromatic carbocycles. The van der Waals surface area contributed by atoms with Gasteiger partial charge in [0.25, 0.3) is 0 Å². The molecule has 1 aliphatic carbocycles. The number of nitrogens with zero attached hydrogens (tertiary/aromatic N) is 2. The van der Waals surface area contributed by atoms with Crippen molar-refractivity contribution in [1.82, 2.24) is 20.5 Å². The summed E-state index contributed by atoms with van der Waals surface area (Å²) < 4.78 is 12.4. The fraction of sp³-hybridized carbons (Fsp3) is 0.481. The van der Waals surface area contributed by atoms with E-state index in [0.717, 1.165) is 40.9 Å². The first-order valence-corrected chi connectivity index (χ1v) is 13.7. The van der Waals surface area contributed by atoms with Gasteiger partial charge in [-0.25, -0.2) is 14.6 Å². The van der Waals surface area contributed by atoms with Gasteiger partial charge in [0.15, 0.2) is 0 Å². The number of halogens is 1. The van der Waals surface area contributed by atoms with E-state index in [-0.39, 0.29) is 24.9 Å². The number of rotatable bonds is 4. The van der Waals surface area contributed by atoms with Gasteiger partial charge in [-0.05, 0) is 59.8 Å². The Balaban J connectivity index is 1.39. The van der Waals surface area contributed by atoms with Crippen molar-refractivity contribution in [3.63, 3.8) is 0 Å². The lowest BCUT2D eigenvalue weighted by atomic mass is 10.1. The van der Waals surface area contributed by atoms with E-state index in [0.29, 0.717) is 24.6 Å². The number of carbonyl (C=O) groups is 3. The first-order chi connectivity index (χ1) is 18.3. The second kappa shape index (κ2) is 10.8. The zero-order chi connectivity index (χ0) is 26.9. The number of allylic oxidation sites excluding steroid dienone is 1. The van der Waals surface area contributed by atoms with Crippen LogP contribution in [0.4, 0.5) is 4.79 Å². The summed E-state index contributed by atoms with van der Waals surface area (Å²) in [4.78, 5) is 44.6. The quantitative estimate of drug-likeness (QED) is 0.466. The molecule has 2 fully saturated rings. The molecule has 2 aliphatic heterocycles. The minimum absolute atomic E-state index is 0.169.